The minimum Gasteiger partial charge on any atom is -0.491 e. The highest BCUT2D eigenvalue weighted by molar-refractivity contribution is 6.11. The number of nitrogens with zero attached hydrogens (tertiary/aromatic N) is 4. The third-order valence-corrected chi connectivity index (χ3v) is 5.95. The third kappa shape index (κ3) is 3.06. The van der Waals surface area contributed by atoms with Gasteiger partial charge < -0.3 is 14.6 Å². The highest BCUT2D eigenvalue weighted by atomic mass is 16.5. The molecule has 0 spiro atoms. The van der Waals surface area contributed by atoms with Crippen LogP contribution in [0.2, 0.25) is 0 Å². The van der Waals surface area contributed by atoms with E-state index in [0.717, 1.165) is 66.0 Å². The first kappa shape index (κ1) is 17.8. The van der Waals surface area contributed by atoms with Crippen LogP contribution in [-0.2, 0) is 6.42 Å². The van der Waals surface area contributed by atoms with E-state index in [1.54, 1.807) is 12.7 Å². The Morgan fingerprint density at radius 1 is 1.31 bits per heavy atom. The number of allylic oxidation sites excluding steroid dienone is 2. The summed E-state index contributed by atoms with van der Waals surface area (Å²) in [6.07, 6.45) is 8.87. The van der Waals surface area contributed by atoms with Crippen LogP contribution in [0.3, 0.4) is 0 Å². The molecule has 29 heavy (non-hydrogen) atoms. The van der Waals surface area contributed by atoms with E-state index in [-0.39, 0.29) is 13.3 Å². The molecule has 0 saturated carbocycles. The smallest absolute Gasteiger partial charge is 0.189 e. The summed E-state index contributed by atoms with van der Waals surface area (Å²) in [5, 5.41) is 0. The van der Waals surface area contributed by atoms with Gasteiger partial charge in [0.2, 0.25) is 0 Å². The number of ketones is 1. The lowest BCUT2D eigenvalue weighted by Crippen LogP contribution is -2.35. The fourth-order valence-corrected chi connectivity index (χ4v) is 4.44. The highest BCUT2D eigenvalue weighted by Gasteiger charge is 2.29. The number of aromatic amines is 1. The lowest BCUT2D eigenvalue weighted by molar-refractivity contribution is 0.102. The van der Waals surface area contributed by atoms with E-state index in [1.807, 2.05) is 31.2 Å². The molecule has 1 N–H and O–H groups in total. The van der Waals surface area contributed by atoms with Gasteiger partial charge in [0.25, 0.3) is 0 Å². The molecule has 7 heteroatoms. The van der Waals surface area contributed by atoms with Crippen molar-refractivity contribution in [2.45, 2.75) is 38.6 Å². The Morgan fingerprint density at radius 3 is 3.14 bits per heavy atom. The minimum atomic E-state index is 0. The van der Waals surface area contributed by atoms with Crippen LogP contribution < -0.4 is 9.64 Å². The third-order valence-electron chi connectivity index (χ3n) is 5.95. The number of nitrogens with one attached hydrogen (secondary N) is 1. The molecule has 1 aromatic carbocycles. The van der Waals surface area contributed by atoms with Gasteiger partial charge in [0, 0.05) is 19.1 Å². The van der Waals surface area contributed by atoms with Gasteiger partial charge in [-0.2, -0.15) is 0 Å². The molecule has 5 rings (SSSR count). The maximum atomic E-state index is 12.6. The molecule has 1 fully saturated rings. The number of imidazole rings is 1. The second kappa shape index (κ2) is 7.31. The van der Waals surface area contributed by atoms with Crippen LogP contribution in [0, 0.1) is 0 Å². The summed E-state index contributed by atoms with van der Waals surface area (Å²) in [7, 11) is 0. The maximum Gasteiger partial charge on any atom is 0.189 e. The van der Waals surface area contributed by atoms with Gasteiger partial charge in [0.1, 0.15) is 24.2 Å². The zero-order valence-corrected chi connectivity index (χ0v) is 16.4. The summed E-state index contributed by atoms with van der Waals surface area (Å²) in [6.45, 7) is 3.41. The van der Waals surface area contributed by atoms with Gasteiger partial charge in [-0.1, -0.05) is 18.2 Å². The van der Waals surface area contributed by atoms with Gasteiger partial charge in [-0.05, 0) is 44.2 Å². The summed E-state index contributed by atoms with van der Waals surface area (Å²) in [5.74, 6) is 1.83. The molecular weight excluding hydrogens is 366 g/mol. The number of benzene rings is 1. The topological polar surface area (TPSA) is 84.0 Å². The molecule has 0 amide bonds. The Bertz CT molecular complexity index is 1110. The molecule has 150 valence electrons. The van der Waals surface area contributed by atoms with Gasteiger partial charge in [-0.25, -0.2) is 15.0 Å². The number of aromatic nitrogens is 4. The number of hydrogen-bond acceptors (Lipinski definition) is 6. The number of Topliss-reactive ketones (excluding diaryl/α,β-unsaturated/α-hetero) is 1. The van der Waals surface area contributed by atoms with Gasteiger partial charge in [0.15, 0.2) is 17.2 Å². The summed E-state index contributed by atoms with van der Waals surface area (Å²) in [6, 6.07) is 6.02. The van der Waals surface area contributed by atoms with Crippen LogP contribution in [0.4, 0.5) is 5.82 Å². The van der Waals surface area contributed by atoms with E-state index in [2.05, 4.69) is 24.8 Å². The molecule has 7 nitrogen and oxygen atoms in total. The average molecular weight is 391 g/mol. The normalized spacial score (nSPS) is 20.4. The Hall–Kier alpha value is -3.22. The summed E-state index contributed by atoms with van der Waals surface area (Å²) >= 11 is 0. The fourth-order valence-electron chi connectivity index (χ4n) is 4.44. The van der Waals surface area contributed by atoms with Gasteiger partial charge in [-0.15, -0.1) is 0 Å². The summed E-state index contributed by atoms with van der Waals surface area (Å²) in [5.41, 5.74) is 4.24. The van der Waals surface area contributed by atoms with Crippen molar-refractivity contribution < 1.29 is 11.0 Å². The molecule has 0 unspecified atom stereocenters. The second-order valence-corrected chi connectivity index (χ2v) is 7.52. The lowest BCUT2D eigenvalue weighted by Gasteiger charge is -2.27. The van der Waals surface area contributed by atoms with Crippen molar-refractivity contribution in [2.24, 2.45) is 0 Å². The van der Waals surface area contributed by atoms with Crippen LogP contribution in [-0.4, -0.2) is 44.9 Å². The van der Waals surface area contributed by atoms with Crippen molar-refractivity contribution in [1.29, 1.82) is 0 Å². The zero-order chi connectivity index (χ0) is 19.8. The minimum absolute atomic E-state index is 0. The van der Waals surface area contributed by atoms with Gasteiger partial charge in [0.05, 0.1) is 12.4 Å². The Balaban J connectivity index is 0.00000218. The SMILES string of the molecule is C/C=C1/CCc2c(OC[C@H]3CCCN3c3ncnc4nc[nH]c34)cccc2C1=O.[HH]. The van der Waals surface area contributed by atoms with E-state index in [4.69, 9.17) is 4.74 Å². The number of rotatable bonds is 4. The molecule has 2 aliphatic rings. The number of H-pyrrole nitrogens is 1. The quantitative estimate of drug-likeness (QED) is 0.683. The van der Waals surface area contributed by atoms with Gasteiger partial charge >= 0.3 is 0 Å². The molecule has 2 aromatic heterocycles. The van der Waals surface area contributed by atoms with Crippen molar-refractivity contribution >= 4 is 22.8 Å². The number of carbonyl (C=O) groups excluding carboxylic acids is 1. The van der Waals surface area contributed by atoms with E-state index in [1.165, 1.54) is 0 Å². The number of anilines is 1. The maximum absolute atomic E-state index is 12.6. The zero-order valence-electron chi connectivity index (χ0n) is 16.4. The fraction of sp³-hybridized carbons (Fsp3) is 0.364. The summed E-state index contributed by atoms with van der Waals surface area (Å²) < 4.78 is 6.27. The first-order valence-corrected chi connectivity index (χ1v) is 10.1. The van der Waals surface area contributed by atoms with Crippen molar-refractivity contribution in [2.75, 3.05) is 18.1 Å². The molecule has 1 aliphatic heterocycles. The Morgan fingerprint density at radius 2 is 2.24 bits per heavy atom. The highest BCUT2D eigenvalue weighted by Crippen LogP contribution is 2.33. The first-order chi connectivity index (χ1) is 14.3. The van der Waals surface area contributed by atoms with E-state index in [9.17, 15) is 4.79 Å². The van der Waals surface area contributed by atoms with Crippen molar-refractivity contribution in [1.82, 2.24) is 19.9 Å². The number of hydrogen-bond donors (Lipinski definition) is 1. The molecule has 3 aromatic rings. The predicted molar refractivity (Wildman–Crippen MR) is 113 cm³/mol. The van der Waals surface area contributed by atoms with Crippen LogP contribution in [0.15, 0.2) is 42.5 Å². The Labute approximate surface area is 170 Å². The first-order valence-electron chi connectivity index (χ1n) is 10.1. The molecule has 1 atom stereocenters. The van der Waals surface area contributed by atoms with Crippen LogP contribution in [0.5, 0.6) is 5.75 Å². The Kier molecular flexibility index (Phi) is 4.50. The molecule has 3 heterocycles. The summed E-state index contributed by atoms with van der Waals surface area (Å²) in [4.78, 5) is 31.0. The lowest BCUT2D eigenvalue weighted by atomic mass is 9.86. The average Bonchev–Trinajstić information content (AvgIpc) is 3.42. The van der Waals surface area contributed by atoms with E-state index >= 15 is 0 Å². The largest absolute Gasteiger partial charge is 0.491 e. The van der Waals surface area contributed by atoms with Crippen LogP contribution in [0.25, 0.3) is 11.2 Å². The molecular formula is C22H25N5O2. The predicted octanol–water partition coefficient (Wildman–Crippen LogP) is 3.72. The number of carbonyl (C=O) groups is 1. The second-order valence-electron chi connectivity index (χ2n) is 7.52. The van der Waals surface area contributed by atoms with Gasteiger partial charge in [-0.3, -0.25) is 4.79 Å². The molecule has 1 aliphatic carbocycles. The van der Waals surface area contributed by atoms with Crippen LogP contribution in [0.1, 0.15) is 43.5 Å². The molecule has 0 bridgehead atoms. The van der Waals surface area contributed by atoms with E-state index < -0.39 is 0 Å². The van der Waals surface area contributed by atoms with Crippen molar-refractivity contribution in [3.05, 3.63) is 53.6 Å². The molecule has 1 saturated heterocycles. The van der Waals surface area contributed by atoms with Crippen LogP contribution >= 0.6 is 0 Å². The monoisotopic (exact) mass is 391 g/mol. The molecule has 0 radical (unpaired) electrons. The van der Waals surface area contributed by atoms with E-state index in [0.29, 0.717) is 12.3 Å². The number of ether oxygens (including phenoxy) is 1. The van der Waals surface area contributed by atoms with Crippen molar-refractivity contribution in [3.63, 3.8) is 0 Å². The van der Waals surface area contributed by atoms with Crippen molar-refractivity contribution in [3.8, 4) is 5.75 Å². The number of fused-ring (bicyclic) bond motifs is 2. The standard InChI is InChI=1S/C22H23N5O2.H2/c1-2-14-8-9-16-17(20(14)28)6-3-7-18(16)29-11-15-5-4-10-27(15)22-19-21(24-12-23-19)25-13-26-22;/h2-3,6-7,12-13,15H,4-5,8-11H2,1H3,(H,23,24,25,26);1H/b14-2-;/t15-;/m1./s1.